The highest BCUT2D eigenvalue weighted by Crippen LogP contribution is 2.62. The summed E-state index contributed by atoms with van der Waals surface area (Å²) in [5, 5.41) is 9.25. The van der Waals surface area contributed by atoms with E-state index in [1.165, 1.54) is 26.4 Å². The summed E-state index contributed by atoms with van der Waals surface area (Å²) in [6, 6.07) is 1.45. The molecule has 1 N–H and O–H groups in total. The number of alkyl halides is 3. The Morgan fingerprint density at radius 3 is 2.21 bits per heavy atom. The Bertz CT molecular complexity index is 858. The van der Waals surface area contributed by atoms with E-state index in [0.29, 0.717) is 19.3 Å². The van der Waals surface area contributed by atoms with Gasteiger partial charge in [0.15, 0.2) is 5.16 Å². The third-order valence-corrected chi connectivity index (χ3v) is 7.83. The SMILES string of the molecule is CCCCC1(C(OC)(C(=O)O)C(F)(F)F)C=CCC(C)(C)C1Sc1nc(OC)cc(OC)n1. The lowest BCUT2D eigenvalue weighted by Gasteiger charge is -2.55. The maximum Gasteiger partial charge on any atom is 0.429 e. The minimum atomic E-state index is -5.19. The number of aliphatic carboxylic acids is 1. The predicted octanol–water partition coefficient (Wildman–Crippen LogP) is 5.15. The Labute approximate surface area is 196 Å². The maximum absolute atomic E-state index is 14.7. The molecule has 1 aliphatic rings. The number of carbonyl (C=O) groups is 1. The molecule has 0 fully saturated rings. The van der Waals surface area contributed by atoms with Crippen molar-refractivity contribution in [3.63, 3.8) is 0 Å². The van der Waals surface area contributed by atoms with Crippen LogP contribution in [0.5, 0.6) is 11.8 Å². The lowest BCUT2D eigenvalue weighted by Crippen LogP contribution is -2.69. The molecule has 2 rings (SSSR count). The van der Waals surface area contributed by atoms with Crippen molar-refractivity contribution in [2.75, 3.05) is 21.3 Å². The molecule has 1 aromatic rings. The molecule has 186 valence electrons. The van der Waals surface area contributed by atoms with Crippen LogP contribution < -0.4 is 9.47 Å². The summed E-state index contributed by atoms with van der Waals surface area (Å²) in [5.74, 6) is -1.72. The van der Waals surface area contributed by atoms with Crippen molar-refractivity contribution < 1.29 is 37.3 Å². The summed E-state index contributed by atoms with van der Waals surface area (Å²) in [4.78, 5) is 21.0. The summed E-state index contributed by atoms with van der Waals surface area (Å²) in [5.41, 5.74) is -6.16. The Morgan fingerprint density at radius 1 is 1.21 bits per heavy atom. The van der Waals surface area contributed by atoms with Crippen molar-refractivity contribution >= 4 is 17.7 Å². The zero-order valence-corrected chi connectivity index (χ0v) is 20.5. The number of hydrogen-bond acceptors (Lipinski definition) is 7. The second-order valence-electron chi connectivity index (χ2n) is 8.66. The molecule has 1 aromatic heterocycles. The maximum atomic E-state index is 14.7. The zero-order chi connectivity index (χ0) is 25.1. The van der Waals surface area contributed by atoms with E-state index in [4.69, 9.17) is 14.2 Å². The molecule has 0 bridgehead atoms. The van der Waals surface area contributed by atoms with Crippen LogP contribution in [0.1, 0.15) is 46.5 Å². The lowest BCUT2D eigenvalue weighted by molar-refractivity contribution is -0.301. The lowest BCUT2D eigenvalue weighted by atomic mass is 9.57. The number of allylic oxidation sites excluding steroid dienone is 1. The minimum Gasteiger partial charge on any atom is -0.481 e. The van der Waals surface area contributed by atoms with Crippen LogP contribution in [0.25, 0.3) is 0 Å². The van der Waals surface area contributed by atoms with Crippen molar-refractivity contribution in [2.45, 2.75) is 68.6 Å². The van der Waals surface area contributed by atoms with Gasteiger partial charge in [-0.15, -0.1) is 0 Å². The van der Waals surface area contributed by atoms with E-state index in [0.717, 1.165) is 18.9 Å². The van der Waals surface area contributed by atoms with Gasteiger partial charge in [-0.3, -0.25) is 0 Å². The predicted molar refractivity (Wildman–Crippen MR) is 118 cm³/mol. The number of halogens is 3. The minimum absolute atomic E-state index is 0.0537. The first-order valence-corrected chi connectivity index (χ1v) is 11.4. The van der Waals surface area contributed by atoms with Gasteiger partial charge in [0.25, 0.3) is 5.60 Å². The quantitative estimate of drug-likeness (QED) is 0.354. The Hall–Kier alpha value is -2.01. The van der Waals surface area contributed by atoms with E-state index in [1.54, 1.807) is 6.08 Å². The molecule has 0 aromatic carbocycles. The first kappa shape index (κ1) is 27.2. The molecular weight excluding hydrogens is 461 g/mol. The molecule has 3 unspecified atom stereocenters. The Kier molecular flexibility index (Phi) is 8.32. The van der Waals surface area contributed by atoms with Gasteiger partial charge in [0.05, 0.1) is 25.7 Å². The van der Waals surface area contributed by atoms with Crippen molar-refractivity contribution in [1.29, 1.82) is 0 Å². The molecule has 3 atom stereocenters. The summed E-state index contributed by atoms with van der Waals surface area (Å²) in [6.07, 6.45) is -0.845. The topological polar surface area (TPSA) is 90.8 Å². The van der Waals surface area contributed by atoms with Gasteiger partial charge >= 0.3 is 12.1 Å². The first-order valence-electron chi connectivity index (χ1n) is 10.5. The summed E-state index contributed by atoms with van der Waals surface area (Å²) in [6.45, 7) is 5.46. The third-order valence-electron chi connectivity index (χ3n) is 6.14. The van der Waals surface area contributed by atoms with Crippen LogP contribution in [-0.4, -0.2) is 59.4 Å². The fourth-order valence-corrected chi connectivity index (χ4v) is 6.10. The van der Waals surface area contributed by atoms with Crippen LogP contribution >= 0.6 is 11.8 Å². The fraction of sp³-hybridized carbons (Fsp3) is 0.682. The van der Waals surface area contributed by atoms with Gasteiger partial charge in [-0.05, 0) is 18.3 Å². The largest absolute Gasteiger partial charge is 0.481 e. The van der Waals surface area contributed by atoms with E-state index < -0.39 is 33.8 Å². The zero-order valence-electron chi connectivity index (χ0n) is 19.7. The second-order valence-corrected chi connectivity index (χ2v) is 9.73. The molecule has 0 spiro atoms. The molecule has 0 radical (unpaired) electrons. The van der Waals surface area contributed by atoms with Crippen LogP contribution in [0.2, 0.25) is 0 Å². The van der Waals surface area contributed by atoms with Crippen LogP contribution in [0, 0.1) is 10.8 Å². The molecule has 33 heavy (non-hydrogen) atoms. The molecular formula is C22H31F3N2O5S. The number of carboxylic acid groups (broad SMARTS) is 1. The van der Waals surface area contributed by atoms with Gasteiger partial charge in [0, 0.05) is 12.4 Å². The summed E-state index contributed by atoms with van der Waals surface area (Å²) in [7, 11) is 3.61. The highest BCUT2D eigenvalue weighted by molar-refractivity contribution is 7.99. The van der Waals surface area contributed by atoms with Crippen LogP contribution in [0.4, 0.5) is 13.2 Å². The number of carboxylic acids is 1. The molecule has 1 heterocycles. The van der Waals surface area contributed by atoms with E-state index in [1.807, 2.05) is 20.8 Å². The van der Waals surface area contributed by atoms with Crippen LogP contribution in [-0.2, 0) is 9.53 Å². The third kappa shape index (κ3) is 4.80. The fourth-order valence-electron chi connectivity index (χ4n) is 4.62. The van der Waals surface area contributed by atoms with Gasteiger partial charge in [0.1, 0.15) is 0 Å². The van der Waals surface area contributed by atoms with Crippen molar-refractivity contribution in [3.05, 3.63) is 18.2 Å². The number of ether oxygens (including phenoxy) is 3. The van der Waals surface area contributed by atoms with Crippen LogP contribution in [0.3, 0.4) is 0 Å². The molecule has 0 saturated heterocycles. The number of aromatic nitrogens is 2. The standard InChI is InChI=1S/C22H31F3N2O5S/c1-7-8-11-20(21(32-6,17(28)29)22(23,24)25)12-9-10-19(2,3)16(20)33-18-26-14(30-4)13-15(27-18)31-5/h9,12-13,16H,7-8,10-11H2,1-6H3,(H,28,29). The molecule has 1 aliphatic carbocycles. The molecule has 0 aliphatic heterocycles. The average molecular weight is 493 g/mol. The number of unbranched alkanes of at least 4 members (excludes halogenated alkanes) is 1. The van der Waals surface area contributed by atoms with Gasteiger partial charge in [-0.2, -0.15) is 23.1 Å². The summed E-state index contributed by atoms with van der Waals surface area (Å²) >= 11 is 0.987. The number of rotatable bonds is 10. The van der Waals surface area contributed by atoms with E-state index in [9.17, 15) is 23.1 Å². The van der Waals surface area contributed by atoms with Crippen molar-refractivity contribution in [2.24, 2.45) is 10.8 Å². The van der Waals surface area contributed by atoms with Gasteiger partial charge in [-0.25, -0.2) is 4.79 Å². The first-order chi connectivity index (χ1) is 15.3. The van der Waals surface area contributed by atoms with Gasteiger partial charge in [-0.1, -0.05) is 57.5 Å². The molecule has 7 nitrogen and oxygen atoms in total. The number of thioether (sulfide) groups is 1. The number of hydrogen-bond donors (Lipinski definition) is 1. The van der Waals surface area contributed by atoms with E-state index >= 15 is 0 Å². The summed E-state index contributed by atoms with van der Waals surface area (Å²) < 4.78 is 59.3. The Morgan fingerprint density at radius 2 is 1.79 bits per heavy atom. The number of methoxy groups -OCH3 is 3. The second kappa shape index (κ2) is 10.1. The normalized spacial score (nSPS) is 24.2. The molecule has 0 saturated carbocycles. The van der Waals surface area contributed by atoms with Gasteiger partial charge < -0.3 is 19.3 Å². The van der Waals surface area contributed by atoms with E-state index in [2.05, 4.69) is 9.97 Å². The molecule has 0 amide bonds. The average Bonchev–Trinajstić information content (AvgIpc) is 2.73. The van der Waals surface area contributed by atoms with Gasteiger partial charge in [0.2, 0.25) is 11.8 Å². The Balaban J connectivity index is 2.82. The monoisotopic (exact) mass is 492 g/mol. The highest BCUT2D eigenvalue weighted by Gasteiger charge is 2.75. The molecule has 11 heteroatoms. The van der Waals surface area contributed by atoms with E-state index in [-0.39, 0.29) is 23.3 Å². The van der Waals surface area contributed by atoms with Crippen molar-refractivity contribution in [1.82, 2.24) is 9.97 Å². The van der Waals surface area contributed by atoms with Crippen LogP contribution in [0.15, 0.2) is 23.4 Å². The van der Waals surface area contributed by atoms with Crippen molar-refractivity contribution in [3.8, 4) is 11.8 Å². The number of nitrogens with zero attached hydrogens (tertiary/aromatic N) is 2. The highest BCUT2D eigenvalue weighted by atomic mass is 32.2. The smallest absolute Gasteiger partial charge is 0.429 e.